The number of rotatable bonds is 6. The van der Waals surface area contributed by atoms with Crippen molar-refractivity contribution in [2.75, 3.05) is 14.2 Å². The molecule has 0 spiro atoms. The number of ether oxygens (including phenoxy) is 1. The molecule has 0 atom stereocenters. The summed E-state index contributed by atoms with van der Waals surface area (Å²) >= 11 is 6.14. The fourth-order valence-electron chi connectivity index (χ4n) is 2.44. The fraction of sp³-hybridized carbons (Fsp3) is 0.222. The zero-order chi connectivity index (χ0) is 18.5. The van der Waals surface area contributed by atoms with Crippen molar-refractivity contribution in [3.8, 4) is 17.1 Å². The third-order valence-corrected chi connectivity index (χ3v) is 4.15. The predicted molar refractivity (Wildman–Crippen MR) is 97.7 cm³/mol. The van der Waals surface area contributed by atoms with Crippen LogP contribution in [0.25, 0.3) is 11.4 Å². The molecule has 0 unspecified atom stereocenters. The molecule has 1 aromatic heterocycles. The number of amides is 1. The van der Waals surface area contributed by atoms with Crippen molar-refractivity contribution in [2.24, 2.45) is 0 Å². The maximum Gasteiger partial charge on any atom is 0.246 e. The first-order valence-corrected chi connectivity index (χ1v) is 8.34. The van der Waals surface area contributed by atoms with Crippen LogP contribution in [-0.2, 0) is 17.9 Å². The third kappa shape index (κ3) is 4.18. The lowest BCUT2D eigenvalue weighted by atomic mass is 10.2. The second-order valence-corrected chi connectivity index (χ2v) is 6.13. The second-order valence-electron chi connectivity index (χ2n) is 5.72. The van der Waals surface area contributed by atoms with Crippen molar-refractivity contribution >= 4 is 17.5 Å². The summed E-state index contributed by atoms with van der Waals surface area (Å²) < 4.78 is 5.20. The number of tetrazole rings is 1. The van der Waals surface area contributed by atoms with Crippen LogP contribution in [0.15, 0.2) is 48.5 Å². The van der Waals surface area contributed by atoms with E-state index in [0.29, 0.717) is 23.0 Å². The number of hydrogen-bond donors (Lipinski definition) is 0. The van der Waals surface area contributed by atoms with Gasteiger partial charge in [0.1, 0.15) is 12.3 Å². The molecule has 0 aliphatic carbocycles. The number of carbonyl (C=O) groups excluding carboxylic acids is 1. The molecule has 2 aromatic carbocycles. The number of aromatic nitrogens is 4. The number of halogens is 1. The molecule has 0 saturated carbocycles. The first kappa shape index (κ1) is 17.9. The van der Waals surface area contributed by atoms with E-state index >= 15 is 0 Å². The minimum atomic E-state index is -0.129. The monoisotopic (exact) mass is 371 g/mol. The molecule has 26 heavy (non-hydrogen) atoms. The van der Waals surface area contributed by atoms with Crippen molar-refractivity contribution < 1.29 is 9.53 Å². The zero-order valence-electron chi connectivity index (χ0n) is 14.5. The van der Waals surface area contributed by atoms with E-state index in [-0.39, 0.29) is 12.5 Å². The molecule has 0 aliphatic heterocycles. The molecule has 0 saturated heterocycles. The van der Waals surface area contributed by atoms with E-state index in [1.54, 1.807) is 31.2 Å². The molecule has 0 bridgehead atoms. The summed E-state index contributed by atoms with van der Waals surface area (Å²) in [6.07, 6.45) is 0. The largest absolute Gasteiger partial charge is 0.497 e. The van der Waals surface area contributed by atoms with Crippen LogP contribution in [0.1, 0.15) is 5.56 Å². The first-order valence-electron chi connectivity index (χ1n) is 7.96. The second kappa shape index (κ2) is 7.97. The molecule has 7 nitrogen and oxygen atoms in total. The van der Waals surface area contributed by atoms with E-state index in [4.69, 9.17) is 16.3 Å². The van der Waals surface area contributed by atoms with Crippen molar-refractivity contribution in [3.05, 3.63) is 59.1 Å². The quantitative estimate of drug-likeness (QED) is 0.666. The Labute approximate surface area is 156 Å². The molecule has 8 heteroatoms. The van der Waals surface area contributed by atoms with Gasteiger partial charge in [0.25, 0.3) is 0 Å². The van der Waals surface area contributed by atoms with E-state index in [1.165, 1.54) is 4.80 Å². The Morgan fingerprint density at radius 2 is 2.04 bits per heavy atom. The average Bonchev–Trinajstić information content (AvgIpc) is 3.10. The molecule has 3 rings (SSSR count). The maximum atomic E-state index is 12.4. The van der Waals surface area contributed by atoms with Crippen molar-refractivity contribution in [3.63, 3.8) is 0 Å². The van der Waals surface area contributed by atoms with Gasteiger partial charge in [-0.2, -0.15) is 4.80 Å². The number of carbonyl (C=O) groups is 1. The third-order valence-electron chi connectivity index (χ3n) is 3.82. The highest BCUT2D eigenvalue weighted by Gasteiger charge is 2.14. The standard InChI is InChI=1S/C18H18ClN5O2/c1-23(11-13-6-5-7-14(10-13)26-2)17(25)12-24-21-18(20-22-24)15-8-3-4-9-16(15)19/h3-10H,11-12H2,1-2H3. The molecule has 0 aliphatic rings. The lowest BCUT2D eigenvalue weighted by Gasteiger charge is -2.17. The van der Waals surface area contributed by atoms with Crippen molar-refractivity contribution in [1.82, 2.24) is 25.1 Å². The number of benzene rings is 2. The van der Waals surface area contributed by atoms with Gasteiger partial charge in [0.05, 0.1) is 12.1 Å². The van der Waals surface area contributed by atoms with Gasteiger partial charge in [-0.15, -0.1) is 10.2 Å². The average molecular weight is 372 g/mol. The van der Waals surface area contributed by atoms with Crippen molar-refractivity contribution in [1.29, 1.82) is 0 Å². The molecule has 1 heterocycles. The van der Waals surface area contributed by atoms with Crippen LogP contribution >= 0.6 is 11.6 Å². The maximum absolute atomic E-state index is 12.4. The number of methoxy groups -OCH3 is 1. The summed E-state index contributed by atoms with van der Waals surface area (Å²) in [6, 6.07) is 14.8. The van der Waals surface area contributed by atoms with Gasteiger partial charge in [-0.3, -0.25) is 4.79 Å². The van der Waals surface area contributed by atoms with E-state index in [9.17, 15) is 4.79 Å². The van der Waals surface area contributed by atoms with E-state index in [0.717, 1.165) is 11.3 Å². The van der Waals surface area contributed by atoms with Crippen LogP contribution in [0.2, 0.25) is 5.02 Å². The van der Waals surface area contributed by atoms with Gasteiger partial charge in [-0.05, 0) is 35.0 Å². The van der Waals surface area contributed by atoms with Gasteiger partial charge >= 0.3 is 0 Å². The highest BCUT2D eigenvalue weighted by atomic mass is 35.5. The molecule has 0 radical (unpaired) electrons. The van der Waals surface area contributed by atoms with Gasteiger partial charge in [0.2, 0.25) is 11.7 Å². The van der Waals surface area contributed by atoms with Crippen LogP contribution in [-0.4, -0.2) is 45.2 Å². The highest BCUT2D eigenvalue weighted by Crippen LogP contribution is 2.23. The summed E-state index contributed by atoms with van der Waals surface area (Å²) in [5, 5.41) is 12.7. The van der Waals surface area contributed by atoms with E-state index in [1.807, 2.05) is 36.4 Å². The molecular formula is C18H18ClN5O2. The Balaban J connectivity index is 1.65. The van der Waals surface area contributed by atoms with E-state index < -0.39 is 0 Å². The van der Waals surface area contributed by atoms with Crippen LogP contribution in [0, 0.1) is 0 Å². The summed E-state index contributed by atoms with van der Waals surface area (Å²) in [5.74, 6) is 1.01. The smallest absolute Gasteiger partial charge is 0.246 e. The van der Waals surface area contributed by atoms with Crippen LogP contribution < -0.4 is 4.74 Å². The molecule has 1 amide bonds. The van der Waals surface area contributed by atoms with Gasteiger partial charge < -0.3 is 9.64 Å². The Bertz CT molecular complexity index is 912. The molecule has 0 fully saturated rings. The molecule has 134 valence electrons. The Morgan fingerprint density at radius 1 is 1.23 bits per heavy atom. The summed E-state index contributed by atoms with van der Waals surface area (Å²) in [6.45, 7) is 0.458. The van der Waals surface area contributed by atoms with Gasteiger partial charge in [-0.1, -0.05) is 35.9 Å². The number of hydrogen-bond acceptors (Lipinski definition) is 5. The number of nitrogens with zero attached hydrogens (tertiary/aromatic N) is 5. The molecule has 3 aromatic rings. The Morgan fingerprint density at radius 3 is 2.81 bits per heavy atom. The van der Waals surface area contributed by atoms with Gasteiger partial charge in [-0.25, -0.2) is 0 Å². The van der Waals surface area contributed by atoms with Crippen LogP contribution in [0.3, 0.4) is 0 Å². The summed E-state index contributed by atoms with van der Waals surface area (Å²) in [4.78, 5) is 15.3. The zero-order valence-corrected chi connectivity index (χ0v) is 15.2. The minimum Gasteiger partial charge on any atom is -0.497 e. The minimum absolute atomic E-state index is 0.00206. The SMILES string of the molecule is COc1cccc(CN(C)C(=O)Cn2nnc(-c3ccccc3Cl)n2)c1. The lowest BCUT2D eigenvalue weighted by Crippen LogP contribution is -2.30. The Hall–Kier alpha value is -2.93. The highest BCUT2D eigenvalue weighted by molar-refractivity contribution is 6.33. The molecular weight excluding hydrogens is 354 g/mol. The van der Waals surface area contributed by atoms with Gasteiger partial charge in [0.15, 0.2) is 0 Å². The van der Waals surface area contributed by atoms with Crippen LogP contribution in [0.4, 0.5) is 0 Å². The normalized spacial score (nSPS) is 10.6. The van der Waals surface area contributed by atoms with Crippen molar-refractivity contribution in [2.45, 2.75) is 13.1 Å². The van der Waals surface area contributed by atoms with Crippen LogP contribution in [0.5, 0.6) is 5.75 Å². The topological polar surface area (TPSA) is 73.1 Å². The summed E-state index contributed by atoms with van der Waals surface area (Å²) in [5.41, 5.74) is 1.65. The predicted octanol–water partition coefficient (Wildman–Crippen LogP) is 2.66. The summed E-state index contributed by atoms with van der Waals surface area (Å²) in [7, 11) is 3.34. The van der Waals surface area contributed by atoms with E-state index in [2.05, 4.69) is 15.4 Å². The Kier molecular flexibility index (Phi) is 5.48. The van der Waals surface area contributed by atoms with Gasteiger partial charge in [0, 0.05) is 19.2 Å². The fourth-order valence-corrected chi connectivity index (χ4v) is 2.66. The first-order chi connectivity index (χ1) is 12.6. The molecule has 0 N–H and O–H groups in total. The number of likely N-dealkylation sites (N-methyl/N-ethyl adjacent to an activating group) is 1. The lowest BCUT2D eigenvalue weighted by molar-refractivity contribution is -0.131.